The van der Waals surface area contributed by atoms with E-state index in [0.29, 0.717) is 16.4 Å². The fourth-order valence-corrected chi connectivity index (χ4v) is 3.47. The van der Waals surface area contributed by atoms with E-state index in [1.807, 2.05) is 30.3 Å². The number of imidazole rings is 1. The van der Waals surface area contributed by atoms with Crippen LogP contribution < -0.4 is 5.32 Å². The number of benzene rings is 1. The van der Waals surface area contributed by atoms with Crippen molar-refractivity contribution in [1.29, 1.82) is 0 Å². The molecule has 132 valence electrons. The number of hydrogen-bond donors (Lipinski definition) is 1. The number of halogens is 1. The van der Waals surface area contributed by atoms with Crippen molar-refractivity contribution >= 4 is 23.2 Å². The van der Waals surface area contributed by atoms with Crippen LogP contribution in [0.4, 0.5) is 5.69 Å². The van der Waals surface area contributed by atoms with Crippen molar-refractivity contribution in [2.75, 3.05) is 5.32 Å². The number of amides is 1. The molecule has 2 aromatic heterocycles. The monoisotopic (exact) mass is 366 g/mol. The van der Waals surface area contributed by atoms with Crippen LogP contribution in [0.2, 0.25) is 5.02 Å². The lowest BCUT2D eigenvalue weighted by molar-refractivity contribution is 0.102. The minimum atomic E-state index is -0.191. The van der Waals surface area contributed by atoms with Crippen molar-refractivity contribution in [3.8, 4) is 11.4 Å². The van der Waals surface area contributed by atoms with Crippen LogP contribution in [0, 0.1) is 0 Å². The van der Waals surface area contributed by atoms with Gasteiger partial charge in [-0.3, -0.25) is 9.78 Å². The number of carbonyl (C=O) groups is 1. The molecule has 1 N–H and O–H groups in total. The maximum Gasteiger partial charge on any atom is 0.276 e. The molecule has 3 aromatic rings. The Hall–Kier alpha value is -2.66. The molecule has 1 aliphatic rings. The minimum Gasteiger partial charge on any atom is -0.327 e. The van der Waals surface area contributed by atoms with Gasteiger partial charge in [0.15, 0.2) is 0 Å². The SMILES string of the molecule is O=C(Nc1cccnc1)c1nc(-c2ccc(Cl)cc2)n2c1CCCCC2. The van der Waals surface area contributed by atoms with Gasteiger partial charge in [-0.25, -0.2) is 4.98 Å². The Balaban J connectivity index is 1.74. The summed E-state index contributed by atoms with van der Waals surface area (Å²) in [6, 6.07) is 11.2. The third-order valence-corrected chi connectivity index (χ3v) is 4.86. The maximum absolute atomic E-state index is 12.9. The van der Waals surface area contributed by atoms with Gasteiger partial charge in [-0.1, -0.05) is 18.0 Å². The van der Waals surface area contributed by atoms with Gasteiger partial charge in [0.25, 0.3) is 5.91 Å². The second-order valence-electron chi connectivity index (χ2n) is 6.40. The quantitative estimate of drug-likeness (QED) is 0.738. The summed E-state index contributed by atoms with van der Waals surface area (Å²) in [5.41, 5.74) is 3.15. The first-order valence-electron chi connectivity index (χ1n) is 8.79. The number of nitrogens with zero attached hydrogens (tertiary/aromatic N) is 3. The van der Waals surface area contributed by atoms with E-state index in [2.05, 4.69) is 14.9 Å². The van der Waals surface area contributed by atoms with Crippen LogP contribution in [0.1, 0.15) is 35.4 Å². The lowest BCUT2D eigenvalue weighted by Gasteiger charge is -2.09. The van der Waals surface area contributed by atoms with E-state index in [0.717, 1.165) is 49.3 Å². The first-order chi connectivity index (χ1) is 12.7. The molecular formula is C20H19ClN4O. The first kappa shape index (κ1) is 16.8. The lowest BCUT2D eigenvalue weighted by Crippen LogP contribution is -2.15. The summed E-state index contributed by atoms with van der Waals surface area (Å²) < 4.78 is 2.19. The normalized spacial score (nSPS) is 13.7. The molecule has 0 spiro atoms. The average molecular weight is 367 g/mol. The minimum absolute atomic E-state index is 0.191. The third-order valence-electron chi connectivity index (χ3n) is 4.60. The van der Waals surface area contributed by atoms with Gasteiger partial charge >= 0.3 is 0 Å². The molecule has 0 aliphatic carbocycles. The first-order valence-corrected chi connectivity index (χ1v) is 9.17. The number of carbonyl (C=O) groups excluding carboxylic acids is 1. The van der Waals surface area contributed by atoms with Gasteiger partial charge in [0.1, 0.15) is 11.5 Å². The summed E-state index contributed by atoms with van der Waals surface area (Å²) in [7, 11) is 0. The molecule has 0 saturated heterocycles. The molecule has 1 amide bonds. The Morgan fingerprint density at radius 3 is 2.73 bits per heavy atom. The number of rotatable bonds is 3. The van der Waals surface area contributed by atoms with Crippen molar-refractivity contribution in [3.63, 3.8) is 0 Å². The highest BCUT2D eigenvalue weighted by atomic mass is 35.5. The number of anilines is 1. The predicted octanol–water partition coefficient (Wildman–Crippen LogP) is 4.58. The largest absolute Gasteiger partial charge is 0.327 e. The highest BCUT2D eigenvalue weighted by Gasteiger charge is 2.24. The third kappa shape index (κ3) is 3.35. The van der Waals surface area contributed by atoms with E-state index >= 15 is 0 Å². The maximum atomic E-state index is 12.9. The number of hydrogen-bond acceptors (Lipinski definition) is 3. The summed E-state index contributed by atoms with van der Waals surface area (Å²) in [6.07, 6.45) is 7.48. The molecule has 1 aromatic carbocycles. The van der Waals surface area contributed by atoms with Gasteiger partial charge < -0.3 is 9.88 Å². The van der Waals surface area contributed by atoms with Crippen LogP contribution in [0.25, 0.3) is 11.4 Å². The summed E-state index contributed by atoms with van der Waals surface area (Å²) in [6.45, 7) is 0.875. The lowest BCUT2D eigenvalue weighted by atomic mass is 10.1. The number of nitrogens with one attached hydrogen (secondary N) is 1. The number of aromatic nitrogens is 3. The van der Waals surface area contributed by atoms with E-state index in [1.54, 1.807) is 18.5 Å². The zero-order chi connectivity index (χ0) is 17.9. The summed E-state index contributed by atoms with van der Waals surface area (Å²) in [5, 5.41) is 3.59. The van der Waals surface area contributed by atoms with E-state index in [-0.39, 0.29) is 5.91 Å². The molecule has 5 nitrogen and oxygen atoms in total. The molecule has 0 atom stereocenters. The summed E-state index contributed by atoms with van der Waals surface area (Å²) in [5.74, 6) is 0.638. The molecule has 1 aliphatic heterocycles. The van der Waals surface area contributed by atoms with Gasteiger partial charge in [0, 0.05) is 23.3 Å². The second-order valence-corrected chi connectivity index (χ2v) is 6.83. The van der Waals surface area contributed by atoms with Crippen LogP contribution in [-0.4, -0.2) is 20.4 Å². The highest BCUT2D eigenvalue weighted by molar-refractivity contribution is 6.30. The van der Waals surface area contributed by atoms with Gasteiger partial charge in [0.05, 0.1) is 17.6 Å². The van der Waals surface area contributed by atoms with Crippen LogP contribution in [0.3, 0.4) is 0 Å². The summed E-state index contributed by atoms with van der Waals surface area (Å²) >= 11 is 6.02. The smallest absolute Gasteiger partial charge is 0.276 e. The van der Waals surface area contributed by atoms with Gasteiger partial charge in [-0.15, -0.1) is 0 Å². The average Bonchev–Trinajstić information content (AvgIpc) is 2.85. The Morgan fingerprint density at radius 1 is 1.12 bits per heavy atom. The molecule has 6 heteroatoms. The van der Waals surface area contributed by atoms with Gasteiger partial charge in [-0.2, -0.15) is 0 Å². The van der Waals surface area contributed by atoms with Crippen molar-refractivity contribution in [1.82, 2.24) is 14.5 Å². The zero-order valence-corrected chi connectivity index (χ0v) is 15.0. The molecule has 4 rings (SSSR count). The highest BCUT2D eigenvalue weighted by Crippen LogP contribution is 2.28. The van der Waals surface area contributed by atoms with E-state index in [4.69, 9.17) is 16.6 Å². The number of pyridine rings is 1. The molecular weight excluding hydrogens is 348 g/mol. The topological polar surface area (TPSA) is 59.8 Å². The predicted molar refractivity (Wildman–Crippen MR) is 102 cm³/mol. The molecule has 0 saturated carbocycles. The van der Waals surface area contributed by atoms with Crippen molar-refractivity contribution in [2.24, 2.45) is 0 Å². The Labute approximate surface area is 157 Å². The van der Waals surface area contributed by atoms with Crippen LogP contribution in [0.5, 0.6) is 0 Å². The van der Waals surface area contributed by atoms with Gasteiger partial charge in [-0.05, 0) is 55.7 Å². The molecule has 0 radical (unpaired) electrons. The molecule has 0 unspecified atom stereocenters. The Morgan fingerprint density at radius 2 is 1.96 bits per heavy atom. The van der Waals surface area contributed by atoms with E-state index < -0.39 is 0 Å². The fraction of sp³-hybridized carbons (Fsp3) is 0.250. The fourth-order valence-electron chi connectivity index (χ4n) is 3.35. The Bertz CT molecular complexity index is 919. The standard InChI is InChI=1S/C20H19ClN4O/c21-15-9-7-14(8-10-15)19-24-18(17-6-2-1-3-12-25(17)19)20(26)23-16-5-4-11-22-13-16/h4-5,7-11,13H,1-3,6,12H2,(H,23,26). The van der Waals surface area contributed by atoms with Crippen LogP contribution >= 0.6 is 11.6 Å². The van der Waals surface area contributed by atoms with E-state index in [9.17, 15) is 4.79 Å². The molecule has 0 fully saturated rings. The molecule has 26 heavy (non-hydrogen) atoms. The zero-order valence-electron chi connectivity index (χ0n) is 14.3. The van der Waals surface area contributed by atoms with Crippen molar-refractivity contribution in [3.05, 3.63) is 65.2 Å². The second kappa shape index (κ2) is 7.30. The van der Waals surface area contributed by atoms with Crippen LogP contribution in [-0.2, 0) is 13.0 Å². The van der Waals surface area contributed by atoms with Crippen molar-refractivity contribution < 1.29 is 4.79 Å². The van der Waals surface area contributed by atoms with Crippen molar-refractivity contribution in [2.45, 2.75) is 32.2 Å². The van der Waals surface area contributed by atoms with E-state index in [1.165, 1.54) is 0 Å². The Kier molecular flexibility index (Phi) is 4.71. The summed E-state index contributed by atoms with van der Waals surface area (Å²) in [4.78, 5) is 21.6. The van der Waals surface area contributed by atoms with Gasteiger partial charge in [0.2, 0.25) is 0 Å². The van der Waals surface area contributed by atoms with Crippen LogP contribution in [0.15, 0.2) is 48.8 Å². The molecule has 3 heterocycles. The molecule has 0 bridgehead atoms. The number of fused-ring (bicyclic) bond motifs is 1.